The lowest BCUT2D eigenvalue weighted by atomic mass is 10.1. The molecule has 1 saturated heterocycles. The Labute approximate surface area is 126 Å². The lowest BCUT2D eigenvalue weighted by Gasteiger charge is -2.24. The summed E-state index contributed by atoms with van der Waals surface area (Å²) in [5, 5.41) is 8.50. The molecule has 0 aromatic carbocycles. The van der Waals surface area contributed by atoms with E-state index in [4.69, 9.17) is 18.0 Å². The highest BCUT2D eigenvalue weighted by Gasteiger charge is 2.18. The minimum atomic E-state index is 0.392. The van der Waals surface area contributed by atoms with Crippen molar-refractivity contribution in [2.75, 3.05) is 38.1 Å². The molecule has 110 valence electrons. The van der Waals surface area contributed by atoms with Crippen LogP contribution in [0.5, 0.6) is 0 Å². The SMILES string of the molecule is Cc1nnc(N(C)CCN2CCCC2)c(C(N)=S)c1C. The number of likely N-dealkylation sites (tertiary alicyclic amines) is 1. The molecular weight excluding hydrogens is 270 g/mol. The molecule has 1 aromatic rings. The zero-order valence-corrected chi connectivity index (χ0v) is 13.3. The van der Waals surface area contributed by atoms with Crippen molar-refractivity contribution in [2.24, 2.45) is 5.73 Å². The Bertz CT molecular complexity index is 497. The first kappa shape index (κ1) is 15.1. The molecule has 20 heavy (non-hydrogen) atoms. The summed E-state index contributed by atoms with van der Waals surface area (Å²) in [7, 11) is 2.02. The Morgan fingerprint density at radius 3 is 2.55 bits per heavy atom. The van der Waals surface area contributed by atoms with Crippen LogP contribution in [0.2, 0.25) is 0 Å². The largest absolute Gasteiger partial charge is 0.389 e. The molecule has 1 aromatic heterocycles. The fourth-order valence-corrected chi connectivity index (χ4v) is 2.81. The van der Waals surface area contributed by atoms with E-state index in [1.165, 1.54) is 25.9 Å². The molecule has 2 heterocycles. The Kier molecular flexibility index (Phi) is 4.88. The molecule has 2 rings (SSSR count). The van der Waals surface area contributed by atoms with E-state index in [0.29, 0.717) is 4.99 Å². The van der Waals surface area contributed by atoms with E-state index in [9.17, 15) is 0 Å². The van der Waals surface area contributed by atoms with Crippen LogP contribution in [-0.2, 0) is 0 Å². The summed E-state index contributed by atoms with van der Waals surface area (Å²) in [6.07, 6.45) is 2.62. The quantitative estimate of drug-likeness (QED) is 0.825. The summed E-state index contributed by atoms with van der Waals surface area (Å²) in [5.74, 6) is 0.791. The Morgan fingerprint density at radius 2 is 1.95 bits per heavy atom. The summed E-state index contributed by atoms with van der Waals surface area (Å²) in [6.45, 7) is 8.28. The highest BCUT2D eigenvalue weighted by Crippen LogP contribution is 2.21. The van der Waals surface area contributed by atoms with Gasteiger partial charge in [-0.05, 0) is 45.3 Å². The molecule has 1 aliphatic heterocycles. The topological polar surface area (TPSA) is 58.3 Å². The molecule has 1 fully saturated rings. The van der Waals surface area contributed by atoms with Gasteiger partial charge in [-0.1, -0.05) is 12.2 Å². The second kappa shape index (κ2) is 6.45. The van der Waals surface area contributed by atoms with Gasteiger partial charge in [0, 0.05) is 20.1 Å². The van der Waals surface area contributed by atoms with Crippen LogP contribution in [0.3, 0.4) is 0 Å². The summed E-state index contributed by atoms with van der Waals surface area (Å²) in [4.78, 5) is 4.97. The van der Waals surface area contributed by atoms with Crippen molar-refractivity contribution in [3.05, 3.63) is 16.8 Å². The van der Waals surface area contributed by atoms with Gasteiger partial charge in [0.15, 0.2) is 5.82 Å². The number of aryl methyl sites for hydroxylation is 1. The summed E-state index contributed by atoms with van der Waals surface area (Å²) in [5.41, 5.74) is 8.63. The molecule has 0 saturated carbocycles. The molecule has 0 spiro atoms. The van der Waals surface area contributed by atoms with Gasteiger partial charge in [0.25, 0.3) is 0 Å². The van der Waals surface area contributed by atoms with Crippen LogP contribution in [0.25, 0.3) is 0 Å². The average molecular weight is 293 g/mol. The Morgan fingerprint density at radius 1 is 1.30 bits per heavy atom. The fourth-order valence-electron chi connectivity index (χ4n) is 2.56. The number of likely N-dealkylation sites (N-methyl/N-ethyl adjacent to an activating group) is 1. The second-order valence-electron chi connectivity index (χ2n) is 5.44. The van der Waals surface area contributed by atoms with Gasteiger partial charge in [0.05, 0.1) is 11.3 Å². The maximum atomic E-state index is 5.87. The van der Waals surface area contributed by atoms with Crippen molar-refractivity contribution >= 4 is 23.0 Å². The van der Waals surface area contributed by atoms with Crippen molar-refractivity contribution in [3.63, 3.8) is 0 Å². The van der Waals surface area contributed by atoms with Crippen molar-refractivity contribution in [2.45, 2.75) is 26.7 Å². The minimum absolute atomic E-state index is 0.392. The normalized spacial score (nSPS) is 15.6. The predicted octanol–water partition coefficient (Wildman–Crippen LogP) is 1.26. The first-order valence-electron chi connectivity index (χ1n) is 7.08. The number of aromatic nitrogens is 2. The monoisotopic (exact) mass is 293 g/mol. The number of nitrogens with zero attached hydrogens (tertiary/aromatic N) is 4. The third-order valence-corrected chi connectivity index (χ3v) is 4.20. The van der Waals surface area contributed by atoms with E-state index in [2.05, 4.69) is 20.0 Å². The van der Waals surface area contributed by atoms with E-state index in [-0.39, 0.29) is 0 Å². The minimum Gasteiger partial charge on any atom is -0.389 e. The first-order valence-corrected chi connectivity index (χ1v) is 7.48. The molecule has 0 amide bonds. The number of hydrogen-bond donors (Lipinski definition) is 1. The molecule has 0 bridgehead atoms. The number of anilines is 1. The fraction of sp³-hybridized carbons (Fsp3) is 0.643. The number of nitrogens with two attached hydrogens (primary N) is 1. The molecule has 2 N–H and O–H groups in total. The summed E-state index contributed by atoms with van der Waals surface area (Å²) >= 11 is 5.18. The summed E-state index contributed by atoms with van der Waals surface area (Å²) < 4.78 is 0. The zero-order chi connectivity index (χ0) is 14.7. The van der Waals surface area contributed by atoms with Crippen LogP contribution in [0, 0.1) is 13.8 Å². The third kappa shape index (κ3) is 3.24. The lowest BCUT2D eigenvalue weighted by molar-refractivity contribution is 0.346. The molecular formula is C14H23N5S. The van der Waals surface area contributed by atoms with Gasteiger partial charge in [0.1, 0.15) is 4.99 Å². The van der Waals surface area contributed by atoms with Gasteiger partial charge in [-0.2, -0.15) is 5.10 Å². The van der Waals surface area contributed by atoms with Crippen LogP contribution in [0.4, 0.5) is 5.82 Å². The van der Waals surface area contributed by atoms with Gasteiger partial charge in [-0.15, -0.1) is 5.10 Å². The average Bonchev–Trinajstić information content (AvgIpc) is 2.91. The van der Waals surface area contributed by atoms with E-state index in [0.717, 1.165) is 35.7 Å². The maximum absolute atomic E-state index is 5.87. The zero-order valence-electron chi connectivity index (χ0n) is 12.5. The van der Waals surface area contributed by atoms with Crippen LogP contribution >= 0.6 is 12.2 Å². The van der Waals surface area contributed by atoms with Gasteiger partial charge >= 0.3 is 0 Å². The Balaban J connectivity index is 2.14. The standard InChI is InChI=1S/C14H23N5S/c1-10-11(2)16-17-14(12(10)13(15)20)18(3)8-9-19-6-4-5-7-19/h4-9H2,1-3H3,(H2,15,20). The number of hydrogen-bond acceptors (Lipinski definition) is 5. The highest BCUT2D eigenvalue weighted by atomic mass is 32.1. The lowest BCUT2D eigenvalue weighted by Crippen LogP contribution is -2.33. The smallest absolute Gasteiger partial charge is 0.161 e. The van der Waals surface area contributed by atoms with Crippen molar-refractivity contribution < 1.29 is 0 Å². The van der Waals surface area contributed by atoms with Crippen LogP contribution in [-0.4, -0.2) is 53.3 Å². The molecule has 5 nitrogen and oxygen atoms in total. The van der Waals surface area contributed by atoms with E-state index in [1.807, 2.05) is 20.9 Å². The number of rotatable bonds is 5. The van der Waals surface area contributed by atoms with E-state index < -0.39 is 0 Å². The first-order chi connectivity index (χ1) is 9.50. The number of thiocarbonyl (C=S) groups is 1. The molecule has 0 radical (unpaired) electrons. The molecule has 0 aliphatic carbocycles. The van der Waals surface area contributed by atoms with Crippen LogP contribution < -0.4 is 10.6 Å². The summed E-state index contributed by atoms with van der Waals surface area (Å²) in [6, 6.07) is 0. The van der Waals surface area contributed by atoms with E-state index >= 15 is 0 Å². The molecule has 0 unspecified atom stereocenters. The van der Waals surface area contributed by atoms with Gasteiger partial charge in [-0.3, -0.25) is 0 Å². The van der Waals surface area contributed by atoms with Crippen LogP contribution in [0.1, 0.15) is 29.7 Å². The van der Waals surface area contributed by atoms with Gasteiger partial charge < -0.3 is 15.5 Å². The van der Waals surface area contributed by atoms with Crippen molar-refractivity contribution in [1.29, 1.82) is 0 Å². The molecule has 1 aliphatic rings. The second-order valence-corrected chi connectivity index (χ2v) is 5.88. The molecule has 6 heteroatoms. The van der Waals surface area contributed by atoms with Gasteiger partial charge in [0.2, 0.25) is 0 Å². The van der Waals surface area contributed by atoms with Crippen molar-refractivity contribution in [3.8, 4) is 0 Å². The predicted molar refractivity (Wildman–Crippen MR) is 86.3 cm³/mol. The Hall–Kier alpha value is -1.27. The maximum Gasteiger partial charge on any atom is 0.161 e. The van der Waals surface area contributed by atoms with E-state index in [1.54, 1.807) is 0 Å². The highest BCUT2D eigenvalue weighted by molar-refractivity contribution is 7.80. The molecule has 0 atom stereocenters. The van der Waals surface area contributed by atoms with Crippen LogP contribution in [0.15, 0.2) is 0 Å². The van der Waals surface area contributed by atoms with Gasteiger partial charge in [-0.25, -0.2) is 0 Å². The third-order valence-electron chi connectivity index (χ3n) is 3.99. The van der Waals surface area contributed by atoms with Crippen molar-refractivity contribution in [1.82, 2.24) is 15.1 Å².